The fourth-order valence-corrected chi connectivity index (χ4v) is 3.32. The van der Waals surface area contributed by atoms with E-state index in [1.165, 1.54) is 0 Å². The molecule has 0 atom stereocenters. The van der Waals surface area contributed by atoms with Gasteiger partial charge in [-0.15, -0.1) is 0 Å². The molecule has 2 aromatic heterocycles. The largest absolute Gasteiger partial charge is 0.366 e. The topological polar surface area (TPSA) is 55.5 Å². The smallest absolute Gasteiger partial charge is 0.254 e. The summed E-state index contributed by atoms with van der Waals surface area (Å²) in [6.07, 6.45) is 1.56. The van der Waals surface area contributed by atoms with Gasteiger partial charge >= 0.3 is 0 Å². The molecule has 6 heteroatoms. The van der Waals surface area contributed by atoms with Crippen LogP contribution in [0.5, 0.6) is 0 Å². The van der Waals surface area contributed by atoms with Crippen LogP contribution in [0.4, 0.5) is 5.82 Å². The van der Waals surface area contributed by atoms with Crippen LogP contribution in [-0.2, 0) is 4.74 Å². The Morgan fingerprint density at radius 2 is 1.71 bits per heavy atom. The van der Waals surface area contributed by atoms with Crippen LogP contribution in [0, 0.1) is 13.8 Å². The Morgan fingerprint density at radius 3 is 2.33 bits per heavy atom. The average molecular weight is 289 g/mol. The summed E-state index contributed by atoms with van der Waals surface area (Å²) in [6.45, 7) is 14.3. The summed E-state index contributed by atoms with van der Waals surface area (Å²) >= 11 is 0. The van der Waals surface area contributed by atoms with Crippen LogP contribution in [0.2, 0.25) is 0 Å². The minimum atomic E-state index is -0.210. The number of nitrogens with zero attached hydrogens (tertiary/aromatic N) is 5. The summed E-state index contributed by atoms with van der Waals surface area (Å²) in [7, 11) is 0. The van der Waals surface area contributed by atoms with Gasteiger partial charge in [-0.3, -0.25) is 0 Å². The Kier molecular flexibility index (Phi) is 2.99. The first-order valence-electron chi connectivity index (χ1n) is 7.31. The summed E-state index contributed by atoms with van der Waals surface area (Å²) in [6, 6.07) is 0. The molecule has 0 N–H and O–H groups in total. The molecule has 0 saturated carbocycles. The third-order valence-electron chi connectivity index (χ3n) is 3.87. The molecule has 6 nitrogen and oxygen atoms in total. The Morgan fingerprint density at radius 1 is 1.10 bits per heavy atom. The number of aromatic nitrogens is 4. The lowest BCUT2D eigenvalue weighted by Crippen LogP contribution is -2.58. The van der Waals surface area contributed by atoms with Crippen molar-refractivity contribution in [1.82, 2.24) is 19.6 Å². The van der Waals surface area contributed by atoms with Crippen molar-refractivity contribution in [3.63, 3.8) is 0 Å². The lowest BCUT2D eigenvalue weighted by atomic mass is 9.98. The van der Waals surface area contributed by atoms with E-state index in [-0.39, 0.29) is 11.2 Å². The number of morpholine rings is 1. The number of hydrogen-bond donors (Lipinski definition) is 0. The molecule has 1 fully saturated rings. The first-order valence-corrected chi connectivity index (χ1v) is 7.31. The van der Waals surface area contributed by atoms with Crippen LogP contribution in [0.1, 0.15) is 39.0 Å². The number of hydrogen-bond acceptors (Lipinski definition) is 5. The number of rotatable bonds is 1. The van der Waals surface area contributed by atoms with E-state index in [1.54, 1.807) is 6.33 Å². The second-order valence-electron chi connectivity index (χ2n) is 7.10. The van der Waals surface area contributed by atoms with Crippen molar-refractivity contribution in [1.29, 1.82) is 0 Å². The van der Waals surface area contributed by atoms with Crippen LogP contribution < -0.4 is 4.90 Å². The van der Waals surface area contributed by atoms with Gasteiger partial charge in [0.1, 0.15) is 12.1 Å². The van der Waals surface area contributed by atoms with Crippen molar-refractivity contribution >= 4 is 11.6 Å². The molecule has 0 aliphatic carbocycles. The number of aryl methyl sites for hydroxylation is 1. The van der Waals surface area contributed by atoms with E-state index < -0.39 is 0 Å². The summed E-state index contributed by atoms with van der Waals surface area (Å²) in [5.41, 5.74) is 1.71. The molecule has 3 rings (SSSR count). The van der Waals surface area contributed by atoms with Crippen molar-refractivity contribution in [3.05, 3.63) is 17.6 Å². The predicted octanol–water partition coefficient (Wildman–Crippen LogP) is 2.13. The van der Waals surface area contributed by atoms with Gasteiger partial charge in [-0.2, -0.15) is 14.6 Å². The summed E-state index contributed by atoms with van der Waals surface area (Å²) < 4.78 is 8.01. The molecule has 1 aliphatic heterocycles. The second kappa shape index (κ2) is 4.40. The Bertz CT molecular complexity index is 673. The second-order valence-corrected chi connectivity index (χ2v) is 7.10. The molecule has 0 aromatic carbocycles. The van der Waals surface area contributed by atoms with Crippen LogP contribution in [0.25, 0.3) is 5.78 Å². The van der Waals surface area contributed by atoms with Gasteiger partial charge in [-0.25, -0.2) is 4.98 Å². The van der Waals surface area contributed by atoms with Gasteiger partial charge < -0.3 is 9.64 Å². The lowest BCUT2D eigenvalue weighted by Gasteiger charge is -2.48. The maximum Gasteiger partial charge on any atom is 0.254 e. The number of anilines is 1. The first kappa shape index (κ1) is 14.3. The van der Waals surface area contributed by atoms with E-state index in [9.17, 15) is 0 Å². The molecular weight excluding hydrogens is 266 g/mol. The molecule has 0 unspecified atom stereocenters. The van der Waals surface area contributed by atoms with Crippen molar-refractivity contribution in [2.45, 2.75) is 52.7 Å². The zero-order valence-corrected chi connectivity index (χ0v) is 13.6. The molecule has 0 bridgehead atoms. The number of fused-ring (bicyclic) bond motifs is 1. The van der Waals surface area contributed by atoms with Crippen molar-refractivity contribution in [2.75, 3.05) is 18.0 Å². The SMILES string of the molecule is Cc1nc2ncnn2c(N2CC(C)(C)OC(C)(C)C2)c1C. The zero-order valence-electron chi connectivity index (χ0n) is 13.6. The summed E-state index contributed by atoms with van der Waals surface area (Å²) in [5, 5.41) is 4.35. The standard InChI is InChI=1S/C15H23N5O/c1-10-11(2)18-13-16-9-17-20(13)12(10)19-7-14(3,4)21-15(5,6)8-19/h9H,7-8H2,1-6H3. The normalized spacial score (nSPS) is 21.0. The van der Waals surface area contributed by atoms with E-state index in [4.69, 9.17) is 4.74 Å². The molecule has 2 aromatic rings. The van der Waals surface area contributed by atoms with Crippen LogP contribution in [0.3, 0.4) is 0 Å². The highest BCUT2D eigenvalue weighted by Crippen LogP contribution is 2.33. The van der Waals surface area contributed by atoms with Gasteiger partial charge in [0.25, 0.3) is 5.78 Å². The maximum atomic E-state index is 6.17. The van der Waals surface area contributed by atoms with Gasteiger partial charge in [-0.05, 0) is 41.5 Å². The molecule has 3 heterocycles. The highest BCUT2D eigenvalue weighted by atomic mass is 16.5. The first-order chi connectivity index (χ1) is 9.69. The maximum absolute atomic E-state index is 6.17. The molecule has 114 valence electrons. The van der Waals surface area contributed by atoms with E-state index in [0.29, 0.717) is 5.78 Å². The van der Waals surface area contributed by atoms with Gasteiger partial charge in [0.15, 0.2) is 0 Å². The zero-order chi connectivity index (χ0) is 15.4. The van der Waals surface area contributed by atoms with E-state index in [0.717, 1.165) is 30.2 Å². The molecule has 21 heavy (non-hydrogen) atoms. The number of ether oxygens (including phenoxy) is 1. The minimum Gasteiger partial charge on any atom is -0.366 e. The minimum absolute atomic E-state index is 0.210. The lowest BCUT2D eigenvalue weighted by molar-refractivity contribution is -0.133. The molecule has 0 radical (unpaired) electrons. The highest BCUT2D eigenvalue weighted by Gasteiger charge is 2.39. The molecular formula is C15H23N5O. The van der Waals surface area contributed by atoms with E-state index in [1.807, 2.05) is 11.4 Å². The van der Waals surface area contributed by atoms with E-state index >= 15 is 0 Å². The van der Waals surface area contributed by atoms with Gasteiger partial charge in [-0.1, -0.05) is 0 Å². The summed E-state index contributed by atoms with van der Waals surface area (Å²) in [5.74, 6) is 1.72. The summed E-state index contributed by atoms with van der Waals surface area (Å²) in [4.78, 5) is 11.1. The average Bonchev–Trinajstić information content (AvgIpc) is 2.73. The third kappa shape index (κ3) is 2.48. The Hall–Kier alpha value is -1.69. The fourth-order valence-electron chi connectivity index (χ4n) is 3.32. The molecule has 1 aliphatic rings. The fraction of sp³-hybridized carbons (Fsp3) is 0.667. The predicted molar refractivity (Wildman–Crippen MR) is 81.7 cm³/mol. The highest BCUT2D eigenvalue weighted by molar-refractivity contribution is 5.54. The monoisotopic (exact) mass is 289 g/mol. The van der Waals surface area contributed by atoms with E-state index in [2.05, 4.69) is 54.6 Å². The quantitative estimate of drug-likeness (QED) is 0.805. The van der Waals surface area contributed by atoms with Gasteiger partial charge in [0, 0.05) is 24.3 Å². The van der Waals surface area contributed by atoms with Crippen molar-refractivity contribution in [2.24, 2.45) is 0 Å². The van der Waals surface area contributed by atoms with Crippen LogP contribution >= 0.6 is 0 Å². The Labute approximate surface area is 125 Å². The molecule has 0 spiro atoms. The van der Waals surface area contributed by atoms with Gasteiger partial charge in [0.05, 0.1) is 11.2 Å². The Balaban J connectivity index is 2.15. The molecule has 1 saturated heterocycles. The van der Waals surface area contributed by atoms with Crippen LogP contribution in [0.15, 0.2) is 6.33 Å². The van der Waals surface area contributed by atoms with Crippen LogP contribution in [-0.4, -0.2) is 43.9 Å². The third-order valence-corrected chi connectivity index (χ3v) is 3.87. The molecule has 0 amide bonds. The van der Waals surface area contributed by atoms with Crippen molar-refractivity contribution in [3.8, 4) is 0 Å². The van der Waals surface area contributed by atoms with Gasteiger partial charge in [0.2, 0.25) is 0 Å². The van der Waals surface area contributed by atoms with Crippen molar-refractivity contribution < 1.29 is 4.74 Å².